The SMILES string of the molecule is CCCNC1CCN(C(C2CC2)C2CC2)C1. The average molecular weight is 222 g/mol. The molecule has 16 heavy (non-hydrogen) atoms. The van der Waals surface area contributed by atoms with Crippen LogP contribution in [-0.4, -0.2) is 36.6 Å². The predicted molar refractivity (Wildman–Crippen MR) is 67.5 cm³/mol. The van der Waals surface area contributed by atoms with Gasteiger partial charge >= 0.3 is 0 Å². The molecule has 1 aliphatic heterocycles. The van der Waals surface area contributed by atoms with E-state index in [2.05, 4.69) is 17.1 Å². The van der Waals surface area contributed by atoms with E-state index in [1.807, 2.05) is 0 Å². The number of hydrogen-bond donors (Lipinski definition) is 1. The van der Waals surface area contributed by atoms with Gasteiger partial charge in [-0.1, -0.05) is 6.92 Å². The van der Waals surface area contributed by atoms with E-state index in [1.54, 1.807) is 0 Å². The van der Waals surface area contributed by atoms with Gasteiger partial charge in [0.25, 0.3) is 0 Å². The van der Waals surface area contributed by atoms with Crippen LogP contribution in [-0.2, 0) is 0 Å². The van der Waals surface area contributed by atoms with Crippen molar-refractivity contribution in [3.63, 3.8) is 0 Å². The van der Waals surface area contributed by atoms with Gasteiger partial charge in [0.2, 0.25) is 0 Å². The zero-order valence-electron chi connectivity index (χ0n) is 10.6. The van der Waals surface area contributed by atoms with Gasteiger partial charge in [0, 0.05) is 25.2 Å². The minimum absolute atomic E-state index is 0.792. The minimum Gasteiger partial charge on any atom is -0.313 e. The number of nitrogens with one attached hydrogen (secondary N) is 1. The molecule has 2 nitrogen and oxygen atoms in total. The van der Waals surface area contributed by atoms with Crippen molar-refractivity contribution in [3.05, 3.63) is 0 Å². The van der Waals surface area contributed by atoms with Crippen molar-refractivity contribution in [2.24, 2.45) is 11.8 Å². The second-order valence-electron chi connectivity index (χ2n) is 6.10. The molecule has 0 spiro atoms. The monoisotopic (exact) mass is 222 g/mol. The maximum Gasteiger partial charge on any atom is 0.0207 e. The first kappa shape index (κ1) is 11.0. The van der Waals surface area contributed by atoms with Crippen molar-refractivity contribution in [3.8, 4) is 0 Å². The van der Waals surface area contributed by atoms with Gasteiger partial charge in [-0.25, -0.2) is 0 Å². The predicted octanol–water partition coefficient (Wildman–Crippen LogP) is 2.25. The molecule has 1 heterocycles. The van der Waals surface area contributed by atoms with Gasteiger partial charge in [-0.05, 0) is 56.9 Å². The molecule has 0 radical (unpaired) electrons. The Morgan fingerprint density at radius 1 is 1.12 bits per heavy atom. The van der Waals surface area contributed by atoms with Crippen LogP contribution in [0.25, 0.3) is 0 Å². The zero-order chi connectivity index (χ0) is 11.0. The molecule has 0 aromatic rings. The molecule has 3 fully saturated rings. The molecule has 3 rings (SSSR count). The van der Waals surface area contributed by atoms with E-state index in [9.17, 15) is 0 Å². The molecule has 0 bridgehead atoms. The maximum atomic E-state index is 3.69. The lowest BCUT2D eigenvalue weighted by Gasteiger charge is -2.28. The first-order valence-electron chi connectivity index (χ1n) is 7.36. The maximum absolute atomic E-state index is 3.69. The molecular weight excluding hydrogens is 196 g/mol. The standard InChI is InChI=1S/C14H26N2/c1-2-8-15-13-7-9-16(10-13)14(11-3-4-11)12-5-6-12/h11-15H,2-10H2,1H3. The summed E-state index contributed by atoms with van der Waals surface area (Å²) in [6, 6.07) is 1.77. The van der Waals surface area contributed by atoms with Crippen LogP contribution >= 0.6 is 0 Å². The Kier molecular flexibility index (Phi) is 3.21. The van der Waals surface area contributed by atoms with Crippen molar-refractivity contribution in [1.82, 2.24) is 10.2 Å². The Bertz CT molecular complexity index is 221. The second kappa shape index (κ2) is 4.66. The van der Waals surface area contributed by atoms with E-state index in [1.165, 1.54) is 58.2 Å². The van der Waals surface area contributed by atoms with E-state index < -0.39 is 0 Å². The quantitative estimate of drug-likeness (QED) is 0.741. The molecule has 3 aliphatic rings. The highest BCUT2D eigenvalue weighted by atomic mass is 15.2. The number of rotatable bonds is 6. The summed E-state index contributed by atoms with van der Waals surface area (Å²) >= 11 is 0. The van der Waals surface area contributed by atoms with Crippen molar-refractivity contribution >= 4 is 0 Å². The van der Waals surface area contributed by atoms with E-state index >= 15 is 0 Å². The summed E-state index contributed by atoms with van der Waals surface area (Å²) in [5.74, 6) is 2.16. The summed E-state index contributed by atoms with van der Waals surface area (Å²) < 4.78 is 0. The summed E-state index contributed by atoms with van der Waals surface area (Å²) in [6.45, 7) is 6.16. The molecular formula is C14H26N2. The van der Waals surface area contributed by atoms with Crippen LogP contribution in [0.1, 0.15) is 45.4 Å². The van der Waals surface area contributed by atoms with Crippen LogP contribution in [0.3, 0.4) is 0 Å². The van der Waals surface area contributed by atoms with Gasteiger partial charge in [-0.3, -0.25) is 4.90 Å². The van der Waals surface area contributed by atoms with E-state index in [0.29, 0.717) is 0 Å². The van der Waals surface area contributed by atoms with Gasteiger partial charge in [-0.2, -0.15) is 0 Å². The first-order valence-corrected chi connectivity index (χ1v) is 7.36. The van der Waals surface area contributed by atoms with Gasteiger partial charge < -0.3 is 5.32 Å². The molecule has 1 N–H and O–H groups in total. The van der Waals surface area contributed by atoms with E-state index in [-0.39, 0.29) is 0 Å². The third-order valence-electron chi connectivity index (χ3n) is 4.53. The first-order chi connectivity index (χ1) is 7.88. The van der Waals surface area contributed by atoms with Gasteiger partial charge in [-0.15, -0.1) is 0 Å². The van der Waals surface area contributed by atoms with Crippen LogP contribution in [0, 0.1) is 11.8 Å². The normalized spacial score (nSPS) is 31.5. The highest BCUT2D eigenvalue weighted by Gasteiger charge is 2.45. The van der Waals surface area contributed by atoms with Crippen LogP contribution in [0.15, 0.2) is 0 Å². The van der Waals surface area contributed by atoms with Crippen molar-refractivity contribution in [1.29, 1.82) is 0 Å². The lowest BCUT2D eigenvalue weighted by Crippen LogP contribution is -2.40. The highest BCUT2D eigenvalue weighted by molar-refractivity contribution is 5.00. The molecule has 1 unspecified atom stereocenters. The Morgan fingerprint density at radius 2 is 1.81 bits per heavy atom. The highest BCUT2D eigenvalue weighted by Crippen LogP contribution is 2.47. The molecule has 2 aliphatic carbocycles. The van der Waals surface area contributed by atoms with E-state index in [0.717, 1.165) is 23.9 Å². The van der Waals surface area contributed by atoms with Gasteiger partial charge in [0.15, 0.2) is 0 Å². The fourth-order valence-electron chi connectivity index (χ4n) is 3.43. The number of likely N-dealkylation sites (tertiary alicyclic amines) is 1. The molecule has 0 aromatic carbocycles. The molecule has 0 aromatic heterocycles. The summed E-state index contributed by atoms with van der Waals surface area (Å²) in [5.41, 5.74) is 0. The zero-order valence-corrected chi connectivity index (χ0v) is 10.6. The Hall–Kier alpha value is -0.0800. The lowest BCUT2D eigenvalue weighted by molar-refractivity contribution is 0.190. The van der Waals surface area contributed by atoms with Crippen molar-refractivity contribution in [2.45, 2.75) is 57.5 Å². The van der Waals surface area contributed by atoms with Crippen LogP contribution in [0.5, 0.6) is 0 Å². The van der Waals surface area contributed by atoms with Crippen molar-refractivity contribution < 1.29 is 0 Å². The molecule has 2 saturated carbocycles. The fourth-order valence-corrected chi connectivity index (χ4v) is 3.43. The van der Waals surface area contributed by atoms with Crippen LogP contribution in [0.2, 0.25) is 0 Å². The second-order valence-corrected chi connectivity index (χ2v) is 6.10. The summed E-state index contributed by atoms with van der Waals surface area (Å²) in [7, 11) is 0. The van der Waals surface area contributed by atoms with Gasteiger partial charge in [0.05, 0.1) is 0 Å². The van der Waals surface area contributed by atoms with Crippen molar-refractivity contribution in [2.75, 3.05) is 19.6 Å². The van der Waals surface area contributed by atoms with E-state index in [4.69, 9.17) is 0 Å². The average Bonchev–Trinajstić information content (AvgIpc) is 3.18. The minimum atomic E-state index is 0.792. The van der Waals surface area contributed by atoms with Crippen LogP contribution in [0.4, 0.5) is 0 Å². The Labute approximate surface area is 99.8 Å². The Morgan fingerprint density at radius 3 is 2.38 bits per heavy atom. The van der Waals surface area contributed by atoms with Crippen LogP contribution < -0.4 is 5.32 Å². The summed E-state index contributed by atoms with van der Waals surface area (Å²) in [4.78, 5) is 2.82. The molecule has 1 atom stereocenters. The summed E-state index contributed by atoms with van der Waals surface area (Å²) in [6.07, 6.45) is 8.73. The fraction of sp³-hybridized carbons (Fsp3) is 1.00. The molecule has 0 amide bonds. The largest absolute Gasteiger partial charge is 0.313 e. The molecule has 1 saturated heterocycles. The third-order valence-corrected chi connectivity index (χ3v) is 4.53. The lowest BCUT2D eigenvalue weighted by atomic mass is 10.1. The molecule has 2 heteroatoms. The Balaban J connectivity index is 1.51. The number of nitrogens with zero attached hydrogens (tertiary/aromatic N) is 1. The smallest absolute Gasteiger partial charge is 0.0207 e. The number of hydrogen-bond acceptors (Lipinski definition) is 2. The summed E-state index contributed by atoms with van der Waals surface area (Å²) in [5, 5.41) is 3.69. The van der Waals surface area contributed by atoms with Gasteiger partial charge in [0.1, 0.15) is 0 Å². The topological polar surface area (TPSA) is 15.3 Å². The third kappa shape index (κ3) is 2.43. The molecule has 92 valence electrons.